The highest BCUT2D eigenvalue weighted by molar-refractivity contribution is 5.58. The number of nitrogens with one attached hydrogen (secondary N) is 2. The molecule has 0 saturated carbocycles. The predicted molar refractivity (Wildman–Crippen MR) is 65.2 cm³/mol. The molecule has 0 spiro atoms. The van der Waals surface area contributed by atoms with Crippen molar-refractivity contribution in [3.8, 4) is 11.4 Å². The van der Waals surface area contributed by atoms with Crippen LogP contribution in [-0.2, 0) is 0 Å². The Hall–Kier alpha value is -1.84. The minimum atomic E-state index is 0.883. The second-order valence-corrected chi connectivity index (χ2v) is 3.66. The molecule has 0 bridgehead atoms. The van der Waals surface area contributed by atoms with E-state index in [1.165, 1.54) is 6.42 Å². The number of hydrogen-bond acceptors (Lipinski definition) is 3. The maximum Gasteiger partial charge on any atom is 0.148 e. The molecule has 84 valence electrons. The van der Waals surface area contributed by atoms with Crippen molar-refractivity contribution in [2.75, 3.05) is 11.9 Å². The van der Waals surface area contributed by atoms with Gasteiger partial charge in [0.15, 0.2) is 0 Å². The Morgan fingerprint density at radius 1 is 1.38 bits per heavy atom. The van der Waals surface area contributed by atoms with Gasteiger partial charge in [-0.25, -0.2) is 0 Å². The molecule has 4 heteroatoms. The quantitative estimate of drug-likeness (QED) is 0.755. The first-order valence-corrected chi connectivity index (χ1v) is 5.61. The summed E-state index contributed by atoms with van der Waals surface area (Å²) in [6, 6.07) is 7.81. The van der Waals surface area contributed by atoms with Crippen LogP contribution >= 0.6 is 0 Å². The molecule has 0 aliphatic rings. The van der Waals surface area contributed by atoms with Crippen molar-refractivity contribution < 1.29 is 0 Å². The van der Waals surface area contributed by atoms with Crippen LogP contribution in [0.25, 0.3) is 11.4 Å². The van der Waals surface area contributed by atoms with Gasteiger partial charge in [0.2, 0.25) is 0 Å². The molecule has 0 aliphatic heterocycles. The van der Waals surface area contributed by atoms with Crippen molar-refractivity contribution in [3.63, 3.8) is 0 Å². The third-order valence-corrected chi connectivity index (χ3v) is 2.36. The Bertz CT molecular complexity index is 422. The average Bonchev–Trinajstić information content (AvgIpc) is 2.79. The molecule has 2 aromatic rings. The number of rotatable bonds is 5. The highest BCUT2D eigenvalue weighted by Crippen LogP contribution is 2.16. The van der Waals surface area contributed by atoms with Crippen LogP contribution in [0, 0.1) is 0 Å². The lowest BCUT2D eigenvalue weighted by atomic mass is 10.3. The Balaban J connectivity index is 2.02. The summed E-state index contributed by atoms with van der Waals surface area (Å²) in [5, 5.41) is 10.4. The lowest BCUT2D eigenvalue weighted by molar-refractivity contribution is 0.830. The zero-order chi connectivity index (χ0) is 11.2. The average molecular weight is 216 g/mol. The predicted octanol–water partition coefficient (Wildman–Crippen LogP) is 2.68. The number of aromatic amines is 1. The first-order chi connectivity index (χ1) is 7.90. The van der Waals surface area contributed by atoms with Gasteiger partial charge in [0.1, 0.15) is 5.82 Å². The number of hydrogen-bond donors (Lipinski definition) is 2. The molecule has 2 aromatic heterocycles. The fraction of sp³-hybridized carbons (Fsp3) is 0.333. The molecule has 4 nitrogen and oxygen atoms in total. The van der Waals surface area contributed by atoms with Crippen molar-refractivity contribution in [1.82, 2.24) is 15.2 Å². The van der Waals surface area contributed by atoms with Gasteiger partial charge in [-0.15, -0.1) is 0 Å². The highest BCUT2D eigenvalue weighted by Gasteiger charge is 2.02. The van der Waals surface area contributed by atoms with E-state index in [9.17, 15) is 0 Å². The Kier molecular flexibility index (Phi) is 3.53. The molecule has 0 fully saturated rings. The summed E-state index contributed by atoms with van der Waals surface area (Å²) in [5.41, 5.74) is 1.86. The SMILES string of the molecule is CCCCNc1cc(-c2ccccn2)[nH]n1. The summed E-state index contributed by atoms with van der Waals surface area (Å²) in [6.07, 6.45) is 4.12. The first kappa shape index (κ1) is 10.7. The molecule has 0 radical (unpaired) electrons. The standard InChI is InChI=1S/C12H16N4/c1-2-3-7-14-12-9-11(15-16-12)10-6-4-5-8-13-10/h4-6,8-9H,2-3,7H2,1H3,(H2,14,15,16). The Morgan fingerprint density at radius 2 is 2.31 bits per heavy atom. The van der Waals surface area contributed by atoms with Crippen molar-refractivity contribution in [1.29, 1.82) is 0 Å². The van der Waals surface area contributed by atoms with Crippen molar-refractivity contribution in [2.24, 2.45) is 0 Å². The molecule has 2 N–H and O–H groups in total. The third-order valence-electron chi connectivity index (χ3n) is 2.36. The molecule has 2 heterocycles. The summed E-state index contributed by atoms with van der Waals surface area (Å²) >= 11 is 0. The van der Waals surface area contributed by atoms with E-state index in [1.807, 2.05) is 24.3 Å². The number of nitrogens with zero attached hydrogens (tertiary/aromatic N) is 2. The second kappa shape index (κ2) is 5.30. The number of H-pyrrole nitrogens is 1. The molecule has 0 saturated heterocycles. The van der Waals surface area contributed by atoms with Crippen LogP contribution in [0.3, 0.4) is 0 Å². The number of anilines is 1. The maximum absolute atomic E-state index is 4.26. The largest absolute Gasteiger partial charge is 0.369 e. The van der Waals surface area contributed by atoms with E-state index >= 15 is 0 Å². The van der Waals surface area contributed by atoms with Crippen LogP contribution in [0.4, 0.5) is 5.82 Å². The molecule has 0 atom stereocenters. The first-order valence-electron chi connectivity index (χ1n) is 5.61. The van der Waals surface area contributed by atoms with E-state index in [4.69, 9.17) is 0 Å². The molecular formula is C12H16N4. The third kappa shape index (κ3) is 2.59. The van der Waals surface area contributed by atoms with E-state index in [0.29, 0.717) is 0 Å². The van der Waals surface area contributed by atoms with E-state index < -0.39 is 0 Å². The minimum Gasteiger partial charge on any atom is -0.369 e. The molecule has 0 unspecified atom stereocenters. The molecular weight excluding hydrogens is 200 g/mol. The van der Waals surface area contributed by atoms with Gasteiger partial charge in [-0.2, -0.15) is 5.10 Å². The number of aromatic nitrogens is 3. The van der Waals surface area contributed by atoms with Crippen molar-refractivity contribution >= 4 is 5.82 Å². The normalized spacial score (nSPS) is 10.3. The highest BCUT2D eigenvalue weighted by atomic mass is 15.2. The molecule has 0 aliphatic carbocycles. The van der Waals surface area contributed by atoms with Gasteiger partial charge in [-0.05, 0) is 18.6 Å². The molecule has 2 rings (SSSR count). The summed E-state index contributed by atoms with van der Waals surface area (Å²) < 4.78 is 0. The van der Waals surface area contributed by atoms with E-state index in [0.717, 1.165) is 30.2 Å². The van der Waals surface area contributed by atoms with Crippen molar-refractivity contribution in [3.05, 3.63) is 30.5 Å². The van der Waals surface area contributed by atoms with Crippen LogP contribution in [0.2, 0.25) is 0 Å². The van der Waals surface area contributed by atoms with Gasteiger partial charge in [-0.1, -0.05) is 19.4 Å². The zero-order valence-electron chi connectivity index (χ0n) is 9.40. The maximum atomic E-state index is 4.26. The number of unbranched alkanes of at least 4 members (excludes halogenated alkanes) is 1. The summed E-state index contributed by atoms with van der Waals surface area (Å²) in [5.74, 6) is 0.883. The van der Waals surface area contributed by atoms with Crippen LogP contribution in [0.15, 0.2) is 30.5 Å². The Labute approximate surface area is 95.1 Å². The van der Waals surface area contributed by atoms with Crippen LogP contribution in [0.1, 0.15) is 19.8 Å². The number of pyridine rings is 1. The fourth-order valence-electron chi connectivity index (χ4n) is 1.46. The van der Waals surface area contributed by atoms with Crippen LogP contribution in [0.5, 0.6) is 0 Å². The molecule has 0 amide bonds. The van der Waals surface area contributed by atoms with Gasteiger partial charge >= 0.3 is 0 Å². The second-order valence-electron chi connectivity index (χ2n) is 3.66. The summed E-state index contributed by atoms with van der Waals surface area (Å²) in [7, 11) is 0. The summed E-state index contributed by atoms with van der Waals surface area (Å²) in [6.45, 7) is 3.13. The van der Waals surface area contributed by atoms with E-state index in [2.05, 4.69) is 27.4 Å². The smallest absolute Gasteiger partial charge is 0.148 e. The lowest BCUT2D eigenvalue weighted by Gasteiger charge is -1.98. The molecule has 16 heavy (non-hydrogen) atoms. The topological polar surface area (TPSA) is 53.6 Å². The van der Waals surface area contributed by atoms with Gasteiger partial charge in [-0.3, -0.25) is 10.1 Å². The van der Waals surface area contributed by atoms with Gasteiger partial charge in [0, 0.05) is 18.8 Å². The zero-order valence-corrected chi connectivity index (χ0v) is 9.40. The monoisotopic (exact) mass is 216 g/mol. The lowest BCUT2D eigenvalue weighted by Crippen LogP contribution is -2.00. The van der Waals surface area contributed by atoms with Crippen LogP contribution < -0.4 is 5.32 Å². The summed E-state index contributed by atoms with van der Waals surface area (Å²) in [4.78, 5) is 4.26. The minimum absolute atomic E-state index is 0.883. The van der Waals surface area contributed by atoms with E-state index in [1.54, 1.807) is 6.20 Å². The fourth-order valence-corrected chi connectivity index (χ4v) is 1.46. The van der Waals surface area contributed by atoms with Crippen molar-refractivity contribution in [2.45, 2.75) is 19.8 Å². The van der Waals surface area contributed by atoms with Gasteiger partial charge < -0.3 is 5.32 Å². The van der Waals surface area contributed by atoms with E-state index in [-0.39, 0.29) is 0 Å². The van der Waals surface area contributed by atoms with Gasteiger partial charge in [0.25, 0.3) is 0 Å². The Morgan fingerprint density at radius 3 is 3.06 bits per heavy atom. The molecule has 0 aromatic carbocycles. The van der Waals surface area contributed by atoms with Crippen LogP contribution in [-0.4, -0.2) is 21.7 Å². The van der Waals surface area contributed by atoms with Gasteiger partial charge in [0.05, 0.1) is 11.4 Å².